The van der Waals surface area contributed by atoms with E-state index in [1.165, 1.54) is 22.5 Å². The number of anilines is 3. The summed E-state index contributed by atoms with van der Waals surface area (Å²) < 4.78 is 21.1. The van der Waals surface area contributed by atoms with Gasteiger partial charge < -0.3 is 25.1 Å². The van der Waals surface area contributed by atoms with Crippen LogP contribution in [0.3, 0.4) is 0 Å². The van der Waals surface area contributed by atoms with E-state index in [-0.39, 0.29) is 11.8 Å². The van der Waals surface area contributed by atoms with Crippen LogP contribution in [0.5, 0.6) is 0 Å². The van der Waals surface area contributed by atoms with Crippen LogP contribution < -0.4 is 15.5 Å². The van der Waals surface area contributed by atoms with Crippen molar-refractivity contribution >= 4 is 34.9 Å². The molecule has 0 spiro atoms. The standard InChI is InChI=1S/C22H24FN9O2S/c1-13-11-15(14(23)12-25-13)30-7-4-29(5-8-30)6-9-31-19-17(35-22(31)33)20-26-18(16-3-2-10-34-16)28-32(20)21(24)27-19/h2-3,10-12,22,33H,4-9H2,1H3,(H2,24,27). The number of halogens is 1. The molecule has 4 aromatic rings. The number of hydrogen-bond acceptors (Lipinski definition) is 11. The maximum absolute atomic E-state index is 14.2. The highest BCUT2D eigenvalue weighted by atomic mass is 32.2. The third kappa shape index (κ3) is 3.94. The van der Waals surface area contributed by atoms with Crippen LogP contribution in [-0.2, 0) is 0 Å². The highest BCUT2D eigenvalue weighted by Crippen LogP contribution is 2.44. The van der Waals surface area contributed by atoms with Gasteiger partial charge in [0.15, 0.2) is 28.6 Å². The predicted octanol–water partition coefficient (Wildman–Crippen LogP) is 1.82. The molecule has 1 unspecified atom stereocenters. The molecule has 6 heterocycles. The number of aryl methyl sites for hydroxylation is 1. The molecule has 1 fully saturated rings. The molecular formula is C22H24FN9O2S. The minimum atomic E-state index is -0.804. The van der Waals surface area contributed by atoms with Crippen LogP contribution in [0.15, 0.2) is 40.0 Å². The van der Waals surface area contributed by atoms with Crippen molar-refractivity contribution in [3.63, 3.8) is 0 Å². The molecule has 2 aliphatic rings. The summed E-state index contributed by atoms with van der Waals surface area (Å²) in [5.41, 5.74) is 7.32. The van der Waals surface area contributed by atoms with Crippen molar-refractivity contribution in [3.8, 4) is 11.6 Å². The van der Waals surface area contributed by atoms with E-state index in [9.17, 15) is 9.50 Å². The molecule has 0 amide bonds. The molecule has 0 radical (unpaired) electrons. The van der Waals surface area contributed by atoms with E-state index in [1.54, 1.807) is 24.5 Å². The molecule has 6 rings (SSSR count). The third-order valence-electron chi connectivity index (χ3n) is 6.30. The molecule has 11 nitrogen and oxygen atoms in total. The van der Waals surface area contributed by atoms with Crippen LogP contribution in [0.1, 0.15) is 5.69 Å². The van der Waals surface area contributed by atoms with E-state index in [0.717, 1.165) is 43.3 Å². The number of nitrogens with zero attached hydrogens (tertiary/aromatic N) is 8. The molecule has 0 aliphatic carbocycles. The number of nitrogens with two attached hydrogens (primary N) is 1. The average Bonchev–Trinajstić information content (AvgIpc) is 3.59. The molecule has 1 atom stereocenters. The van der Waals surface area contributed by atoms with E-state index >= 15 is 0 Å². The van der Waals surface area contributed by atoms with Crippen molar-refractivity contribution in [2.75, 3.05) is 54.8 Å². The lowest BCUT2D eigenvalue weighted by Crippen LogP contribution is -2.49. The Labute approximate surface area is 204 Å². The zero-order valence-electron chi connectivity index (χ0n) is 19.0. The van der Waals surface area contributed by atoms with Gasteiger partial charge in [-0.05, 0) is 25.1 Å². The van der Waals surface area contributed by atoms with Crippen molar-refractivity contribution in [3.05, 3.63) is 42.2 Å². The van der Waals surface area contributed by atoms with Crippen LogP contribution in [0.25, 0.3) is 17.2 Å². The largest absolute Gasteiger partial charge is 0.461 e. The highest BCUT2D eigenvalue weighted by Gasteiger charge is 2.34. The fourth-order valence-corrected chi connectivity index (χ4v) is 5.51. The van der Waals surface area contributed by atoms with Gasteiger partial charge in [-0.2, -0.15) is 9.50 Å². The summed E-state index contributed by atoms with van der Waals surface area (Å²) in [4.78, 5) is 20.0. The van der Waals surface area contributed by atoms with Gasteiger partial charge in [-0.3, -0.25) is 9.88 Å². The average molecular weight is 498 g/mol. The molecule has 2 aliphatic heterocycles. The first-order valence-electron chi connectivity index (χ1n) is 11.3. The number of fused-ring (bicyclic) bond motifs is 3. The second-order valence-corrected chi connectivity index (χ2v) is 9.58. The number of furan rings is 1. The lowest BCUT2D eigenvalue weighted by atomic mass is 10.2. The van der Waals surface area contributed by atoms with Crippen molar-refractivity contribution < 1.29 is 13.9 Å². The first-order chi connectivity index (χ1) is 17.0. The van der Waals surface area contributed by atoms with Gasteiger partial charge in [-0.25, -0.2) is 9.37 Å². The Kier molecular flexibility index (Phi) is 5.46. The van der Waals surface area contributed by atoms with Crippen LogP contribution >= 0.6 is 11.8 Å². The lowest BCUT2D eigenvalue weighted by Gasteiger charge is -2.37. The fraction of sp³-hybridized carbons (Fsp3) is 0.364. The second-order valence-electron chi connectivity index (χ2n) is 8.51. The van der Waals surface area contributed by atoms with Crippen molar-refractivity contribution in [2.45, 2.75) is 17.4 Å². The van der Waals surface area contributed by atoms with Gasteiger partial charge in [0.2, 0.25) is 11.8 Å². The van der Waals surface area contributed by atoms with Gasteiger partial charge in [0.25, 0.3) is 0 Å². The summed E-state index contributed by atoms with van der Waals surface area (Å²) >= 11 is 1.27. The summed E-state index contributed by atoms with van der Waals surface area (Å²) in [5.74, 6) is 1.43. The maximum atomic E-state index is 14.2. The first kappa shape index (κ1) is 22.1. The predicted molar refractivity (Wildman–Crippen MR) is 130 cm³/mol. The van der Waals surface area contributed by atoms with Crippen LogP contribution in [-0.4, -0.2) is 79.4 Å². The highest BCUT2D eigenvalue weighted by molar-refractivity contribution is 8.00. The van der Waals surface area contributed by atoms with Gasteiger partial charge in [0, 0.05) is 45.0 Å². The second kappa shape index (κ2) is 8.66. The summed E-state index contributed by atoms with van der Waals surface area (Å²) in [6, 6.07) is 5.33. The van der Waals surface area contributed by atoms with E-state index < -0.39 is 5.56 Å². The topological polar surface area (TPSA) is 125 Å². The number of nitrogen functional groups attached to an aromatic ring is 1. The molecule has 0 bridgehead atoms. The molecule has 182 valence electrons. The van der Waals surface area contributed by atoms with E-state index in [1.807, 2.05) is 11.8 Å². The van der Waals surface area contributed by atoms with E-state index in [0.29, 0.717) is 35.3 Å². The number of piperazine rings is 1. The summed E-state index contributed by atoms with van der Waals surface area (Å²) in [6.45, 7) is 6.16. The van der Waals surface area contributed by atoms with Crippen molar-refractivity contribution in [1.82, 2.24) is 29.5 Å². The Morgan fingerprint density at radius 3 is 2.83 bits per heavy atom. The number of hydrogen-bond donors (Lipinski definition) is 2. The van der Waals surface area contributed by atoms with Gasteiger partial charge in [-0.15, -0.1) is 5.10 Å². The Morgan fingerprint density at radius 2 is 2.06 bits per heavy atom. The van der Waals surface area contributed by atoms with Gasteiger partial charge >= 0.3 is 0 Å². The molecular weight excluding hydrogens is 473 g/mol. The Balaban J connectivity index is 1.16. The van der Waals surface area contributed by atoms with Crippen LogP contribution in [0, 0.1) is 12.7 Å². The fourth-order valence-electron chi connectivity index (χ4n) is 4.46. The Bertz CT molecular complexity index is 1370. The summed E-state index contributed by atoms with van der Waals surface area (Å²) in [5, 5.41) is 15.2. The van der Waals surface area contributed by atoms with Crippen molar-refractivity contribution in [2.24, 2.45) is 0 Å². The van der Waals surface area contributed by atoms with Gasteiger partial charge in [0.1, 0.15) is 0 Å². The Hall–Kier alpha value is -3.42. The number of aliphatic hydroxyl groups is 1. The maximum Gasteiger partial charge on any atom is 0.225 e. The summed E-state index contributed by atoms with van der Waals surface area (Å²) in [6.07, 6.45) is 2.84. The number of thioether (sulfide) groups is 1. The molecule has 0 aromatic carbocycles. The smallest absolute Gasteiger partial charge is 0.225 e. The zero-order chi connectivity index (χ0) is 24.1. The first-order valence-corrected chi connectivity index (χ1v) is 12.2. The number of rotatable bonds is 5. The van der Waals surface area contributed by atoms with Gasteiger partial charge in [-0.1, -0.05) is 11.8 Å². The van der Waals surface area contributed by atoms with E-state index in [4.69, 9.17) is 10.2 Å². The normalized spacial score (nSPS) is 18.5. The molecule has 35 heavy (non-hydrogen) atoms. The lowest BCUT2D eigenvalue weighted by molar-refractivity contribution is 0.230. The quantitative estimate of drug-likeness (QED) is 0.419. The summed E-state index contributed by atoms with van der Waals surface area (Å²) in [7, 11) is 0. The van der Waals surface area contributed by atoms with E-state index in [2.05, 4.69) is 29.9 Å². The molecule has 0 saturated carbocycles. The number of aliphatic hydroxyl groups excluding tert-OH is 1. The zero-order valence-corrected chi connectivity index (χ0v) is 19.8. The molecule has 4 aromatic heterocycles. The number of aromatic nitrogens is 5. The van der Waals surface area contributed by atoms with Crippen molar-refractivity contribution in [1.29, 1.82) is 0 Å². The molecule has 13 heteroatoms. The molecule has 1 saturated heterocycles. The monoisotopic (exact) mass is 497 g/mol. The number of pyridine rings is 1. The van der Waals surface area contributed by atoms with Gasteiger partial charge in [0.05, 0.1) is 23.0 Å². The minimum absolute atomic E-state index is 0.187. The third-order valence-corrected chi connectivity index (χ3v) is 7.36. The molecule has 3 N–H and O–H groups in total. The van der Waals surface area contributed by atoms with Crippen LogP contribution in [0.4, 0.5) is 21.8 Å². The minimum Gasteiger partial charge on any atom is -0.461 e. The Morgan fingerprint density at radius 1 is 1.23 bits per heavy atom. The SMILES string of the molecule is Cc1cc(N2CCN(CCN3c4nc(N)n5nc(-c6ccco6)nc5c4SC3O)CC2)c(F)cn1. The van der Waals surface area contributed by atoms with Crippen LogP contribution in [0.2, 0.25) is 0 Å².